The third-order valence-corrected chi connectivity index (χ3v) is 9.01. The van der Waals surface area contributed by atoms with E-state index in [1.165, 1.54) is 12.1 Å². The number of hydrogen-bond donors (Lipinski definition) is 8. The molecule has 0 aliphatic carbocycles. The molecule has 0 fully saturated rings. The van der Waals surface area contributed by atoms with Crippen LogP contribution in [-0.2, 0) is 38.4 Å². The number of phenolic OH excluding ortho intramolecular Hbond substituents is 1. The van der Waals surface area contributed by atoms with Crippen LogP contribution >= 0.6 is 0 Å². The summed E-state index contributed by atoms with van der Waals surface area (Å²) in [7, 11) is 0. The van der Waals surface area contributed by atoms with E-state index in [2.05, 4.69) is 25.9 Å². The fraction of sp³-hybridized carbons (Fsp3) is 0.297. The van der Waals surface area contributed by atoms with E-state index < -0.39 is 47.9 Å². The number of carboxylic acid groups (broad SMARTS) is 1. The summed E-state index contributed by atoms with van der Waals surface area (Å²) >= 11 is 0. The lowest BCUT2D eigenvalue weighted by atomic mass is 9.97. The summed E-state index contributed by atoms with van der Waals surface area (Å²) in [6, 6.07) is 16.6. The van der Waals surface area contributed by atoms with Gasteiger partial charge in [0.2, 0.25) is 17.7 Å². The number of phenols is 1. The first kappa shape index (κ1) is 34.7. The van der Waals surface area contributed by atoms with Crippen molar-refractivity contribution in [3.05, 3.63) is 102 Å². The maximum Gasteiger partial charge on any atom is 0.326 e. The molecule has 0 aliphatic heterocycles. The fourth-order valence-corrected chi connectivity index (χ4v) is 5.85. The van der Waals surface area contributed by atoms with Crippen LogP contribution in [0.3, 0.4) is 0 Å². The highest BCUT2D eigenvalue weighted by molar-refractivity contribution is 5.95. The molecule has 2 heterocycles. The molecule has 2 aromatic heterocycles. The second kappa shape index (κ2) is 15.5. The van der Waals surface area contributed by atoms with Crippen LogP contribution in [0.4, 0.5) is 0 Å². The van der Waals surface area contributed by atoms with Gasteiger partial charge in [0.05, 0.1) is 6.04 Å². The number of aliphatic carboxylic acids is 1. The number of aromatic nitrogens is 2. The highest BCUT2D eigenvalue weighted by Crippen LogP contribution is 2.21. The molecular formula is C37H42N6O6. The number of aromatic hydroxyl groups is 1. The van der Waals surface area contributed by atoms with Crippen molar-refractivity contribution in [2.45, 2.75) is 63.7 Å². The molecule has 0 radical (unpaired) electrons. The molecule has 0 spiro atoms. The molecule has 3 aromatic carbocycles. The van der Waals surface area contributed by atoms with Crippen molar-refractivity contribution in [1.82, 2.24) is 25.9 Å². The van der Waals surface area contributed by atoms with Crippen LogP contribution in [0.5, 0.6) is 5.75 Å². The minimum Gasteiger partial charge on any atom is -0.508 e. The Morgan fingerprint density at radius 3 is 1.69 bits per heavy atom. The number of carboxylic acids is 1. The number of para-hydroxylation sites is 2. The molecule has 0 aliphatic rings. The third-order valence-electron chi connectivity index (χ3n) is 9.01. The Bertz CT molecular complexity index is 1930. The van der Waals surface area contributed by atoms with Gasteiger partial charge in [-0.1, -0.05) is 68.8 Å². The van der Waals surface area contributed by atoms with Crippen molar-refractivity contribution >= 4 is 45.5 Å². The maximum absolute atomic E-state index is 14.1. The van der Waals surface area contributed by atoms with Gasteiger partial charge in [-0.3, -0.25) is 14.4 Å². The summed E-state index contributed by atoms with van der Waals surface area (Å²) < 4.78 is 0. The number of rotatable bonds is 15. The molecule has 12 nitrogen and oxygen atoms in total. The summed E-state index contributed by atoms with van der Waals surface area (Å²) in [5.74, 6) is -3.22. The zero-order valence-corrected chi connectivity index (χ0v) is 27.4. The molecule has 0 bridgehead atoms. The van der Waals surface area contributed by atoms with Gasteiger partial charge < -0.3 is 41.9 Å². The van der Waals surface area contributed by atoms with Crippen molar-refractivity contribution in [3.63, 3.8) is 0 Å². The lowest BCUT2D eigenvalue weighted by Gasteiger charge is -2.26. The third kappa shape index (κ3) is 8.46. The number of benzene rings is 3. The zero-order valence-electron chi connectivity index (χ0n) is 27.4. The number of nitrogens with one attached hydrogen (secondary N) is 5. The number of fused-ring (bicyclic) bond motifs is 2. The summed E-state index contributed by atoms with van der Waals surface area (Å²) in [5, 5.41) is 29.8. The van der Waals surface area contributed by atoms with Crippen molar-refractivity contribution in [2.75, 3.05) is 0 Å². The van der Waals surface area contributed by atoms with Crippen molar-refractivity contribution in [3.8, 4) is 5.75 Å². The van der Waals surface area contributed by atoms with Gasteiger partial charge in [-0.05, 0) is 46.9 Å². The van der Waals surface area contributed by atoms with E-state index in [-0.39, 0.29) is 30.9 Å². The average molecular weight is 667 g/mol. The quantitative estimate of drug-likeness (QED) is 0.0837. The number of amides is 3. The van der Waals surface area contributed by atoms with Gasteiger partial charge in [0, 0.05) is 53.5 Å². The van der Waals surface area contributed by atoms with Crippen LogP contribution in [0.1, 0.15) is 37.0 Å². The second-order valence-corrected chi connectivity index (χ2v) is 12.4. The Morgan fingerprint density at radius 1 is 0.694 bits per heavy atom. The van der Waals surface area contributed by atoms with Crippen molar-refractivity contribution in [1.29, 1.82) is 0 Å². The van der Waals surface area contributed by atoms with E-state index >= 15 is 0 Å². The monoisotopic (exact) mass is 666 g/mol. The molecule has 9 N–H and O–H groups in total. The number of hydrogen-bond acceptors (Lipinski definition) is 6. The molecule has 0 saturated heterocycles. The Balaban J connectivity index is 1.41. The van der Waals surface area contributed by atoms with Gasteiger partial charge in [0.15, 0.2) is 0 Å². The second-order valence-electron chi connectivity index (χ2n) is 12.4. The van der Waals surface area contributed by atoms with E-state index in [1.54, 1.807) is 24.5 Å². The molecule has 12 heteroatoms. The van der Waals surface area contributed by atoms with Crippen molar-refractivity contribution < 1.29 is 29.4 Å². The highest BCUT2D eigenvalue weighted by Gasteiger charge is 2.32. The first-order chi connectivity index (χ1) is 23.5. The van der Waals surface area contributed by atoms with Crippen LogP contribution in [0.15, 0.2) is 85.2 Å². The van der Waals surface area contributed by atoms with E-state index in [0.29, 0.717) is 17.5 Å². The van der Waals surface area contributed by atoms with Crippen LogP contribution in [-0.4, -0.2) is 68.0 Å². The lowest BCUT2D eigenvalue weighted by Crippen LogP contribution is -2.58. The van der Waals surface area contributed by atoms with Crippen LogP contribution in [0, 0.1) is 5.92 Å². The fourth-order valence-electron chi connectivity index (χ4n) is 5.85. The van der Waals surface area contributed by atoms with E-state index in [9.17, 15) is 29.4 Å². The van der Waals surface area contributed by atoms with Gasteiger partial charge in [-0.15, -0.1) is 0 Å². The molecule has 0 saturated carbocycles. The van der Waals surface area contributed by atoms with Crippen LogP contribution in [0.2, 0.25) is 0 Å². The van der Waals surface area contributed by atoms with Gasteiger partial charge in [-0.2, -0.15) is 0 Å². The largest absolute Gasteiger partial charge is 0.508 e. The Hall–Kier alpha value is -5.62. The lowest BCUT2D eigenvalue weighted by molar-refractivity contribution is -0.142. The van der Waals surface area contributed by atoms with Crippen LogP contribution in [0.25, 0.3) is 21.8 Å². The molecule has 3 amide bonds. The summed E-state index contributed by atoms with van der Waals surface area (Å²) in [6.07, 6.45) is 4.22. The van der Waals surface area contributed by atoms with Crippen molar-refractivity contribution in [2.24, 2.45) is 11.7 Å². The average Bonchev–Trinajstić information content (AvgIpc) is 3.71. The predicted octanol–water partition coefficient (Wildman–Crippen LogP) is 3.30. The number of carbonyl (C=O) groups is 4. The molecule has 5 rings (SSSR count). The predicted molar refractivity (Wildman–Crippen MR) is 187 cm³/mol. The van der Waals surface area contributed by atoms with E-state index in [4.69, 9.17) is 5.73 Å². The Kier molecular flexibility index (Phi) is 11.0. The first-order valence-corrected chi connectivity index (χ1v) is 16.3. The summed E-state index contributed by atoms with van der Waals surface area (Å²) in [6.45, 7) is 3.77. The number of H-pyrrole nitrogens is 2. The van der Waals surface area contributed by atoms with E-state index in [0.717, 1.165) is 27.4 Å². The smallest absolute Gasteiger partial charge is 0.326 e. The topological polar surface area (TPSA) is 202 Å². The molecule has 49 heavy (non-hydrogen) atoms. The minimum absolute atomic E-state index is 0.00227. The Labute approximate surface area is 283 Å². The van der Waals surface area contributed by atoms with Crippen LogP contribution < -0.4 is 21.7 Å². The van der Waals surface area contributed by atoms with Gasteiger partial charge in [0.25, 0.3) is 0 Å². The summed E-state index contributed by atoms with van der Waals surface area (Å²) in [4.78, 5) is 59.9. The SMILES string of the molecule is CCC(C)C(N)C(=O)NC(Cc1c[nH]c2ccccc12)C(=O)NC(Cc1ccc(O)cc1)C(=O)NC(Cc1c[nH]c2ccccc12)C(=O)O. The standard InChI is InChI=1S/C37H42N6O6/c1-3-21(2)33(38)36(47)42-31(17-23-19-39-28-10-6-4-8-26(23)28)35(46)41-30(16-22-12-14-25(44)15-13-22)34(45)43-32(37(48)49)18-24-20-40-29-11-7-5-9-27(24)29/h4-15,19-21,30-33,39-40,44H,3,16-18,38H2,1-2H3,(H,41,46)(H,42,47)(H,43,45)(H,48,49). The number of nitrogens with two attached hydrogens (primary N) is 1. The first-order valence-electron chi connectivity index (χ1n) is 16.3. The van der Waals surface area contributed by atoms with Gasteiger partial charge in [-0.25, -0.2) is 4.79 Å². The molecule has 5 unspecified atom stereocenters. The molecule has 256 valence electrons. The van der Waals surface area contributed by atoms with Gasteiger partial charge >= 0.3 is 5.97 Å². The molecular weight excluding hydrogens is 624 g/mol. The minimum atomic E-state index is -1.30. The number of aromatic amines is 2. The molecule has 5 atom stereocenters. The normalized spacial score (nSPS) is 14.4. The maximum atomic E-state index is 14.1. The zero-order chi connectivity index (χ0) is 35.1. The Morgan fingerprint density at radius 2 is 1.16 bits per heavy atom. The van der Waals surface area contributed by atoms with Gasteiger partial charge in [0.1, 0.15) is 23.9 Å². The number of carbonyl (C=O) groups excluding carboxylic acids is 3. The highest BCUT2D eigenvalue weighted by atomic mass is 16.4. The molecule has 5 aromatic rings. The summed E-state index contributed by atoms with van der Waals surface area (Å²) in [5.41, 5.74) is 10.0. The van der Waals surface area contributed by atoms with E-state index in [1.807, 2.05) is 62.4 Å².